The summed E-state index contributed by atoms with van der Waals surface area (Å²) in [6.07, 6.45) is 3.32. The lowest BCUT2D eigenvalue weighted by atomic mass is 9.86. The van der Waals surface area contributed by atoms with Crippen molar-refractivity contribution in [3.63, 3.8) is 0 Å². The van der Waals surface area contributed by atoms with Crippen LogP contribution in [-0.4, -0.2) is 58.1 Å². The lowest BCUT2D eigenvalue weighted by Crippen LogP contribution is -2.41. The molecule has 0 saturated heterocycles. The summed E-state index contributed by atoms with van der Waals surface area (Å²) in [4.78, 5) is 29.0. The maximum Gasteiger partial charge on any atom is 0.519 e. The Morgan fingerprint density at radius 3 is 2.59 bits per heavy atom. The number of nitrogens with zero attached hydrogens (tertiary/aromatic N) is 1. The number of hydrogen-bond donors (Lipinski definition) is 3. The second kappa shape index (κ2) is 12.9. The monoisotopic (exact) mass is 555 g/mol. The van der Waals surface area contributed by atoms with Crippen LogP contribution in [-0.2, 0) is 24.0 Å². The number of carbonyl (C=O) groups is 2. The Balaban J connectivity index is 1.48. The van der Waals surface area contributed by atoms with Gasteiger partial charge >= 0.3 is 12.1 Å². The molecule has 1 atom stereocenters. The predicted octanol–water partition coefficient (Wildman–Crippen LogP) is 5.43. The van der Waals surface area contributed by atoms with Crippen molar-refractivity contribution in [1.82, 2.24) is 4.90 Å². The van der Waals surface area contributed by atoms with Crippen molar-refractivity contribution in [2.24, 2.45) is 0 Å². The van der Waals surface area contributed by atoms with Gasteiger partial charge in [0.05, 0.1) is 6.61 Å². The number of aromatic hydroxyl groups is 3. The lowest BCUT2D eigenvalue weighted by molar-refractivity contribution is 0.0521. The fourth-order valence-electron chi connectivity index (χ4n) is 4.92. The molecular formula is C29H33NO8S. The van der Waals surface area contributed by atoms with Gasteiger partial charge in [0.1, 0.15) is 11.3 Å². The van der Waals surface area contributed by atoms with E-state index in [2.05, 4.69) is 29.3 Å². The molecule has 0 aliphatic heterocycles. The summed E-state index contributed by atoms with van der Waals surface area (Å²) in [6.45, 7) is 5.76. The van der Waals surface area contributed by atoms with E-state index in [1.807, 2.05) is 12.1 Å². The number of phenolic OH excluding ortho intramolecular Hbond substituents is 3. The fraction of sp³-hybridized carbons (Fsp3) is 0.379. The minimum atomic E-state index is -1.21. The molecule has 208 valence electrons. The van der Waals surface area contributed by atoms with Gasteiger partial charge in [0.25, 0.3) is 0 Å². The highest BCUT2D eigenvalue weighted by molar-refractivity contribution is 7.09. The number of fused-ring (bicyclic) bond motifs is 1. The van der Waals surface area contributed by atoms with Crippen molar-refractivity contribution < 1.29 is 39.1 Å². The van der Waals surface area contributed by atoms with Crippen molar-refractivity contribution in [3.05, 3.63) is 63.3 Å². The minimum absolute atomic E-state index is 0.00594. The van der Waals surface area contributed by atoms with Gasteiger partial charge in [-0.15, -0.1) is 11.3 Å². The zero-order valence-corrected chi connectivity index (χ0v) is 22.8. The number of rotatable bonds is 10. The van der Waals surface area contributed by atoms with Gasteiger partial charge in [0.2, 0.25) is 11.5 Å². The number of benzene rings is 2. The van der Waals surface area contributed by atoms with Crippen LogP contribution in [0.25, 0.3) is 0 Å². The first-order valence-electron chi connectivity index (χ1n) is 13.0. The molecule has 0 radical (unpaired) electrons. The average molecular weight is 556 g/mol. The molecule has 1 heterocycles. The van der Waals surface area contributed by atoms with Crippen LogP contribution < -0.4 is 9.47 Å². The van der Waals surface area contributed by atoms with Gasteiger partial charge in [0.15, 0.2) is 11.5 Å². The van der Waals surface area contributed by atoms with Crippen LogP contribution in [0.3, 0.4) is 0 Å². The smallest absolute Gasteiger partial charge is 0.504 e. The number of esters is 1. The second-order valence-corrected chi connectivity index (χ2v) is 10.3. The van der Waals surface area contributed by atoms with Crippen molar-refractivity contribution in [2.45, 2.75) is 52.0 Å². The summed E-state index contributed by atoms with van der Waals surface area (Å²) in [6, 6.07) is 11.0. The maximum atomic E-state index is 12.7. The van der Waals surface area contributed by atoms with Gasteiger partial charge in [-0.1, -0.05) is 25.1 Å². The number of thiophene rings is 1. The van der Waals surface area contributed by atoms with Crippen molar-refractivity contribution >= 4 is 23.5 Å². The molecule has 0 bridgehead atoms. The molecule has 10 heteroatoms. The van der Waals surface area contributed by atoms with Gasteiger partial charge in [-0.05, 0) is 74.2 Å². The van der Waals surface area contributed by atoms with E-state index < -0.39 is 40.7 Å². The van der Waals surface area contributed by atoms with Crippen molar-refractivity contribution in [2.75, 3.05) is 19.7 Å². The molecule has 1 aliphatic carbocycles. The molecule has 3 N–H and O–H groups in total. The first-order valence-corrected chi connectivity index (χ1v) is 13.9. The Morgan fingerprint density at radius 1 is 1.05 bits per heavy atom. The van der Waals surface area contributed by atoms with Crippen LogP contribution in [0.1, 0.15) is 53.1 Å². The Bertz CT molecular complexity index is 1310. The molecule has 1 aliphatic rings. The first-order chi connectivity index (χ1) is 18.8. The molecule has 2 aromatic carbocycles. The highest BCUT2D eigenvalue weighted by atomic mass is 32.1. The third-order valence-electron chi connectivity index (χ3n) is 6.75. The van der Waals surface area contributed by atoms with E-state index in [0.717, 1.165) is 56.0 Å². The van der Waals surface area contributed by atoms with E-state index >= 15 is 0 Å². The van der Waals surface area contributed by atoms with Gasteiger partial charge in [0, 0.05) is 23.5 Å². The van der Waals surface area contributed by atoms with Crippen LogP contribution in [0.5, 0.6) is 28.7 Å². The number of ether oxygens (including phenoxy) is 3. The Labute approximate surface area is 231 Å². The number of carbonyl (C=O) groups excluding carboxylic acids is 2. The van der Waals surface area contributed by atoms with E-state index in [-0.39, 0.29) is 6.61 Å². The third-order valence-corrected chi connectivity index (χ3v) is 7.68. The van der Waals surface area contributed by atoms with Gasteiger partial charge in [-0.25, -0.2) is 9.59 Å². The Kier molecular flexibility index (Phi) is 9.32. The highest BCUT2D eigenvalue weighted by Crippen LogP contribution is 2.45. The molecule has 0 unspecified atom stereocenters. The van der Waals surface area contributed by atoms with Crippen LogP contribution in [0, 0.1) is 0 Å². The highest BCUT2D eigenvalue weighted by Gasteiger charge is 2.29. The van der Waals surface area contributed by atoms with Gasteiger partial charge in [-0.3, -0.25) is 4.90 Å². The van der Waals surface area contributed by atoms with Crippen LogP contribution in [0.15, 0.2) is 41.8 Å². The van der Waals surface area contributed by atoms with Gasteiger partial charge in [-0.2, -0.15) is 0 Å². The molecule has 9 nitrogen and oxygen atoms in total. The van der Waals surface area contributed by atoms with Crippen LogP contribution >= 0.6 is 11.3 Å². The molecule has 0 spiro atoms. The lowest BCUT2D eigenvalue weighted by Gasteiger charge is -2.35. The third kappa shape index (κ3) is 6.63. The number of hydrogen-bond acceptors (Lipinski definition) is 10. The van der Waals surface area contributed by atoms with E-state index in [1.54, 1.807) is 24.3 Å². The molecule has 3 aromatic rings. The first kappa shape index (κ1) is 28.3. The molecular weight excluding hydrogens is 522 g/mol. The molecule has 1 aromatic heterocycles. The van der Waals surface area contributed by atoms with Crippen LogP contribution in [0.2, 0.25) is 0 Å². The molecule has 0 fully saturated rings. The van der Waals surface area contributed by atoms with Gasteiger partial charge < -0.3 is 29.5 Å². The average Bonchev–Trinajstić information content (AvgIpc) is 3.45. The Hall–Kier alpha value is -3.76. The quantitative estimate of drug-likeness (QED) is 0.170. The predicted molar refractivity (Wildman–Crippen MR) is 146 cm³/mol. The maximum absolute atomic E-state index is 12.7. The van der Waals surface area contributed by atoms with Crippen molar-refractivity contribution in [3.8, 4) is 28.7 Å². The van der Waals surface area contributed by atoms with E-state index in [0.29, 0.717) is 18.2 Å². The molecule has 0 amide bonds. The zero-order valence-electron chi connectivity index (χ0n) is 22.0. The summed E-state index contributed by atoms with van der Waals surface area (Å²) >= 11 is 1.78. The van der Waals surface area contributed by atoms with Crippen LogP contribution in [0.4, 0.5) is 4.79 Å². The largest absolute Gasteiger partial charge is 0.519 e. The minimum Gasteiger partial charge on any atom is -0.504 e. The van der Waals surface area contributed by atoms with E-state index in [1.165, 1.54) is 4.88 Å². The van der Waals surface area contributed by atoms with E-state index in [9.17, 15) is 24.9 Å². The summed E-state index contributed by atoms with van der Waals surface area (Å²) < 4.78 is 15.5. The topological polar surface area (TPSA) is 126 Å². The summed E-state index contributed by atoms with van der Waals surface area (Å²) in [5.74, 6) is -3.98. The Morgan fingerprint density at radius 2 is 1.87 bits per heavy atom. The standard InChI is InChI=1S/C29H33NO8S/c1-3-13-30(14-12-20-8-6-15-39-20)19-10-11-21-18(16-19)7-5-9-24(21)37-29(35)38-27-22(28(34)36-4-2)17-23(31)25(32)26(27)33/h5-9,15,17,19,31-33H,3-4,10-14,16H2,1-2H3/t19-/m0/s1. The summed E-state index contributed by atoms with van der Waals surface area (Å²) in [5.41, 5.74) is 1.56. The zero-order chi connectivity index (χ0) is 27.9. The molecule has 4 rings (SSSR count). The summed E-state index contributed by atoms with van der Waals surface area (Å²) in [7, 11) is 0. The SMILES string of the molecule is CCCN(CCc1cccs1)[C@H]1CCc2c(cccc2OC(=O)Oc2c(C(=O)OCC)cc(O)c(O)c2O)C1. The van der Waals surface area contributed by atoms with E-state index in [4.69, 9.17) is 14.2 Å². The summed E-state index contributed by atoms with van der Waals surface area (Å²) in [5, 5.41) is 32.1. The normalized spacial score (nSPS) is 14.6. The fourth-order valence-corrected chi connectivity index (χ4v) is 5.62. The molecule has 0 saturated carbocycles. The number of phenols is 3. The van der Waals surface area contributed by atoms with Crippen molar-refractivity contribution in [1.29, 1.82) is 0 Å². The second-order valence-electron chi connectivity index (χ2n) is 9.30. The molecule has 39 heavy (non-hydrogen) atoms.